The van der Waals surface area contributed by atoms with E-state index in [1.54, 1.807) is 0 Å². The second-order valence-corrected chi connectivity index (χ2v) is 5.41. The average Bonchev–Trinajstić information content (AvgIpc) is 2.97. The maximum atomic E-state index is 12.2. The molecule has 0 bridgehead atoms. The maximum Gasteiger partial charge on any atom is 0.226 e. The van der Waals surface area contributed by atoms with Crippen LogP contribution in [0.3, 0.4) is 0 Å². The molecule has 0 aromatic carbocycles. The predicted octanol–water partition coefficient (Wildman–Crippen LogP) is 2.10. The van der Waals surface area contributed by atoms with Gasteiger partial charge >= 0.3 is 0 Å². The molecule has 1 saturated carbocycles. The molecule has 1 saturated heterocycles. The van der Waals surface area contributed by atoms with Gasteiger partial charge in [0, 0.05) is 12.0 Å². The van der Waals surface area contributed by atoms with Crippen LogP contribution in [0.4, 0.5) is 0 Å². The molecule has 1 unspecified atom stereocenters. The van der Waals surface area contributed by atoms with Gasteiger partial charge in [-0.15, -0.1) is 12.4 Å². The summed E-state index contributed by atoms with van der Waals surface area (Å²) in [5.41, 5.74) is -0.0218. The second-order valence-electron chi connectivity index (χ2n) is 5.41. The van der Waals surface area contributed by atoms with Gasteiger partial charge in [0.15, 0.2) is 0 Å². The highest BCUT2D eigenvalue weighted by molar-refractivity contribution is 5.85. The van der Waals surface area contributed by atoms with Crippen molar-refractivity contribution >= 4 is 18.3 Å². The summed E-state index contributed by atoms with van der Waals surface area (Å²) in [5.74, 6) is 0.971. The molecule has 100 valence electrons. The summed E-state index contributed by atoms with van der Waals surface area (Å²) < 4.78 is 0. The van der Waals surface area contributed by atoms with E-state index < -0.39 is 0 Å². The fraction of sp³-hybridized carbons (Fsp3) is 0.923. The monoisotopic (exact) mass is 260 g/mol. The fourth-order valence-corrected chi connectivity index (χ4v) is 3.11. The molecule has 2 aliphatic rings. The first kappa shape index (κ1) is 14.8. The molecule has 17 heavy (non-hydrogen) atoms. The van der Waals surface area contributed by atoms with E-state index in [2.05, 4.69) is 17.6 Å². The van der Waals surface area contributed by atoms with Gasteiger partial charge in [0.1, 0.15) is 0 Å². The van der Waals surface area contributed by atoms with Crippen LogP contribution in [0.1, 0.15) is 45.4 Å². The van der Waals surface area contributed by atoms with Gasteiger partial charge in [0.2, 0.25) is 5.91 Å². The van der Waals surface area contributed by atoms with E-state index >= 15 is 0 Å². The Hall–Kier alpha value is -0.280. The smallest absolute Gasteiger partial charge is 0.226 e. The van der Waals surface area contributed by atoms with Crippen molar-refractivity contribution < 1.29 is 4.79 Å². The van der Waals surface area contributed by atoms with Crippen molar-refractivity contribution in [2.75, 3.05) is 19.6 Å². The quantitative estimate of drug-likeness (QED) is 0.813. The molecule has 0 aromatic heterocycles. The summed E-state index contributed by atoms with van der Waals surface area (Å²) in [6, 6.07) is 0. The standard InChI is InChI=1S/C13H24N2O.ClH/c1-2-13(6-3-4-7-13)12(16)15-10-11-5-8-14-9-11;/h11,14H,2-10H2,1H3,(H,15,16);1H. The number of nitrogens with one attached hydrogen (secondary N) is 2. The van der Waals surface area contributed by atoms with E-state index in [9.17, 15) is 4.79 Å². The molecule has 2 N–H and O–H groups in total. The zero-order valence-corrected chi connectivity index (χ0v) is 11.6. The molecular weight excluding hydrogens is 236 g/mol. The van der Waals surface area contributed by atoms with Crippen molar-refractivity contribution in [2.45, 2.75) is 45.4 Å². The van der Waals surface area contributed by atoms with E-state index in [1.165, 1.54) is 19.3 Å². The number of amides is 1. The van der Waals surface area contributed by atoms with Crippen molar-refractivity contribution in [2.24, 2.45) is 11.3 Å². The summed E-state index contributed by atoms with van der Waals surface area (Å²) in [6.45, 7) is 5.20. The van der Waals surface area contributed by atoms with Gasteiger partial charge < -0.3 is 10.6 Å². The van der Waals surface area contributed by atoms with Crippen LogP contribution < -0.4 is 10.6 Å². The van der Waals surface area contributed by atoms with Gasteiger partial charge in [-0.05, 0) is 44.7 Å². The summed E-state index contributed by atoms with van der Waals surface area (Å²) in [4.78, 5) is 12.2. The zero-order valence-electron chi connectivity index (χ0n) is 10.8. The lowest BCUT2D eigenvalue weighted by atomic mass is 9.82. The third-order valence-corrected chi connectivity index (χ3v) is 4.43. The molecule has 2 rings (SSSR count). The number of hydrogen-bond donors (Lipinski definition) is 2. The first-order chi connectivity index (χ1) is 7.77. The molecule has 1 aliphatic heterocycles. The van der Waals surface area contributed by atoms with Crippen molar-refractivity contribution in [1.29, 1.82) is 0 Å². The second kappa shape index (κ2) is 6.60. The number of rotatable bonds is 4. The van der Waals surface area contributed by atoms with Crippen LogP contribution in [0.2, 0.25) is 0 Å². The van der Waals surface area contributed by atoms with Crippen LogP contribution in [0.15, 0.2) is 0 Å². The van der Waals surface area contributed by atoms with Gasteiger partial charge in [-0.2, -0.15) is 0 Å². The van der Waals surface area contributed by atoms with Crippen LogP contribution in [-0.4, -0.2) is 25.5 Å². The van der Waals surface area contributed by atoms with E-state index in [0.717, 1.165) is 38.9 Å². The van der Waals surface area contributed by atoms with Gasteiger partial charge in [0.25, 0.3) is 0 Å². The number of halogens is 1. The highest BCUT2D eigenvalue weighted by atomic mass is 35.5. The minimum atomic E-state index is -0.0218. The molecule has 0 radical (unpaired) electrons. The fourth-order valence-electron chi connectivity index (χ4n) is 3.11. The largest absolute Gasteiger partial charge is 0.355 e. The third kappa shape index (κ3) is 3.35. The average molecular weight is 261 g/mol. The molecule has 0 aromatic rings. The van der Waals surface area contributed by atoms with Crippen molar-refractivity contribution in [3.05, 3.63) is 0 Å². The van der Waals surface area contributed by atoms with Crippen molar-refractivity contribution in [3.8, 4) is 0 Å². The summed E-state index contributed by atoms with van der Waals surface area (Å²) >= 11 is 0. The van der Waals surface area contributed by atoms with Gasteiger partial charge in [0.05, 0.1) is 0 Å². The van der Waals surface area contributed by atoms with Gasteiger partial charge in [-0.1, -0.05) is 19.8 Å². The molecule has 1 atom stereocenters. The molecular formula is C13H25ClN2O. The lowest BCUT2D eigenvalue weighted by Crippen LogP contribution is -2.41. The van der Waals surface area contributed by atoms with Crippen LogP contribution >= 0.6 is 12.4 Å². The number of hydrogen-bond acceptors (Lipinski definition) is 2. The number of carbonyl (C=O) groups excluding carboxylic acids is 1. The Labute approximate surface area is 111 Å². The van der Waals surface area contributed by atoms with Gasteiger partial charge in [-0.3, -0.25) is 4.79 Å². The van der Waals surface area contributed by atoms with Crippen LogP contribution in [0, 0.1) is 11.3 Å². The van der Waals surface area contributed by atoms with E-state index in [0.29, 0.717) is 11.8 Å². The van der Waals surface area contributed by atoms with Crippen molar-refractivity contribution in [1.82, 2.24) is 10.6 Å². The Morgan fingerprint density at radius 2 is 2.12 bits per heavy atom. The Morgan fingerprint density at radius 3 is 2.65 bits per heavy atom. The Bertz CT molecular complexity index is 246. The minimum Gasteiger partial charge on any atom is -0.355 e. The lowest BCUT2D eigenvalue weighted by molar-refractivity contribution is -0.131. The normalized spacial score (nSPS) is 26.5. The summed E-state index contributed by atoms with van der Waals surface area (Å²) in [6.07, 6.45) is 6.86. The number of carbonyl (C=O) groups is 1. The third-order valence-electron chi connectivity index (χ3n) is 4.43. The van der Waals surface area contributed by atoms with Crippen LogP contribution in [0.5, 0.6) is 0 Å². The molecule has 3 nitrogen and oxygen atoms in total. The molecule has 1 heterocycles. The summed E-state index contributed by atoms with van der Waals surface area (Å²) in [5, 5.41) is 6.52. The lowest BCUT2D eigenvalue weighted by Gasteiger charge is -2.26. The highest BCUT2D eigenvalue weighted by Gasteiger charge is 2.39. The molecule has 1 aliphatic carbocycles. The highest BCUT2D eigenvalue weighted by Crippen LogP contribution is 2.41. The molecule has 2 fully saturated rings. The van der Waals surface area contributed by atoms with E-state index in [-0.39, 0.29) is 17.8 Å². The molecule has 4 heteroatoms. The first-order valence-electron chi connectivity index (χ1n) is 6.76. The van der Waals surface area contributed by atoms with E-state index in [4.69, 9.17) is 0 Å². The van der Waals surface area contributed by atoms with Crippen LogP contribution in [0.25, 0.3) is 0 Å². The van der Waals surface area contributed by atoms with Gasteiger partial charge in [-0.25, -0.2) is 0 Å². The van der Waals surface area contributed by atoms with Crippen molar-refractivity contribution in [3.63, 3.8) is 0 Å². The maximum absolute atomic E-state index is 12.2. The Kier molecular flexibility index (Phi) is 5.74. The van der Waals surface area contributed by atoms with Crippen LogP contribution in [-0.2, 0) is 4.79 Å². The molecule has 1 amide bonds. The zero-order chi connectivity index (χ0) is 11.4. The molecule has 0 spiro atoms. The predicted molar refractivity (Wildman–Crippen MR) is 72.4 cm³/mol. The van der Waals surface area contributed by atoms with E-state index in [1.807, 2.05) is 0 Å². The minimum absolute atomic E-state index is 0. The Morgan fingerprint density at radius 1 is 1.41 bits per heavy atom. The SMILES string of the molecule is CCC1(C(=O)NCC2CCNC2)CCCC1.Cl. The Balaban J connectivity index is 0.00000144. The first-order valence-corrected chi connectivity index (χ1v) is 6.76. The summed E-state index contributed by atoms with van der Waals surface area (Å²) in [7, 11) is 0. The topological polar surface area (TPSA) is 41.1 Å².